The van der Waals surface area contributed by atoms with E-state index in [0.29, 0.717) is 12.2 Å². The van der Waals surface area contributed by atoms with Gasteiger partial charge in [0.25, 0.3) is 0 Å². The Morgan fingerprint density at radius 1 is 1.00 bits per heavy atom. The Kier molecular flexibility index (Phi) is 5.95. The van der Waals surface area contributed by atoms with Gasteiger partial charge in [0.05, 0.1) is 34.1 Å². The predicted molar refractivity (Wildman–Crippen MR) is 132 cm³/mol. The maximum Gasteiger partial charge on any atom is 0.119 e. The van der Waals surface area contributed by atoms with E-state index in [1.165, 1.54) is 0 Å². The molecule has 0 aliphatic heterocycles. The van der Waals surface area contributed by atoms with Crippen LogP contribution in [0.3, 0.4) is 0 Å². The second kappa shape index (κ2) is 9.33. The number of hydrogen-bond acceptors (Lipinski definition) is 5. The molecule has 4 nitrogen and oxygen atoms in total. The van der Waals surface area contributed by atoms with Crippen molar-refractivity contribution in [3.05, 3.63) is 118 Å². The predicted octanol–water partition coefficient (Wildman–Crippen LogP) is 6.84. The SMILES string of the molecule is Cc1ccccc1-c1cc(C(OCc2cccc3cccnc23)c2cncs2)ccc1C#N. The molecule has 2 heterocycles. The van der Waals surface area contributed by atoms with E-state index in [4.69, 9.17) is 4.74 Å². The largest absolute Gasteiger partial charge is 0.363 e. The Balaban J connectivity index is 1.54. The molecule has 5 aromatic rings. The lowest BCUT2D eigenvalue weighted by atomic mass is 9.93. The molecule has 1 atom stereocenters. The monoisotopic (exact) mass is 447 g/mol. The van der Waals surface area contributed by atoms with Crippen LogP contribution in [0.15, 0.2) is 90.7 Å². The zero-order chi connectivity index (χ0) is 22.6. The van der Waals surface area contributed by atoms with Crippen LogP contribution in [0, 0.1) is 18.3 Å². The first-order chi connectivity index (χ1) is 16.2. The Hall–Kier alpha value is -3.85. The fraction of sp³-hybridized carbons (Fsp3) is 0.107. The van der Waals surface area contributed by atoms with Gasteiger partial charge >= 0.3 is 0 Å². The minimum absolute atomic E-state index is 0.299. The van der Waals surface area contributed by atoms with Gasteiger partial charge in [-0.3, -0.25) is 9.97 Å². The first kappa shape index (κ1) is 21.0. The van der Waals surface area contributed by atoms with E-state index in [2.05, 4.69) is 59.4 Å². The van der Waals surface area contributed by atoms with Crippen molar-refractivity contribution < 1.29 is 4.74 Å². The minimum atomic E-state index is -0.299. The average Bonchev–Trinajstić information content (AvgIpc) is 3.39. The lowest BCUT2D eigenvalue weighted by molar-refractivity contribution is 0.0695. The molecule has 0 saturated carbocycles. The lowest BCUT2D eigenvalue weighted by Crippen LogP contribution is -2.06. The van der Waals surface area contributed by atoms with Crippen LogP contribution in [-0.2, 0) is 11.3 Å². The van der Waals surface area contributed by atoms with Gasteiger partial charge in [-0.05, 0) is 41.8 Å². The molecule has 1 unspecified atom stereocenters. The van der Waals surface area contributed by atoms with E-state index >= 15 is 0 Å². The molecule has 5 heteroatoms. The number of pyridine rings is 1. The fourth-order valence-corrected chi connectivity index (χ4v) is 4.77. The van der Waals surface area contributed by atoms with Crippen LogP contribution < -0.4 is 0 Å². The average molecular weight is 448 g/mol. The zero-order valence-electron chi connectivity index (χ0n) is 18.1. The summed E-state index contributed by atoms with van der Waals surface area (Å²) in [6.07, 6.45) is 3.36. The normalized spacial score (nSPS) is 11.9. The van der Waals surface area contributed by atoms with Gasteiger partial charge in [-0.25, -0.2) is 0 Å². The van der Waals surface area contributed by atoms with Gasteiger partial charge in [-0.1, -0.05) is 54.6 Å². The van der Waals surface area contributed by atoms with Crippen LogP contribution in [0.5, 0.6) is 0 Å². The van der Waals surface area contributed by atoms with Crippen molar-refractivity contribution in [1.82, 2.24) is 9.97 Å². The second-order valence-electron chi connectivity index (χ2n) is 7.82. The number of nitriles is 1. The second-order valence-corrected chi connectivity index (χ2v) is 8.74. The topological polar surface area (TPSA) is 58.8 Å². The molecule has 0 amide bonds. The van der Waals surface area contributed by atoms with Gasteiger partial charge in [-0.15, -0.1) is 11.3 Å². The smallest absolute Gasteiger partial charge is 0.119 e. The Bertz CT molecular complexity index is 1450. The van der Waals surface area contributed by atoms with Crippen molar-refractivity contribution in [2.24, 2.45) is 0 Å². The van der Waals surface area contributed by atoms with E-state index in [-0.39, 0.29) is 6.10 Å². The quantitative estimate of drug-likeness (QED) is 0.286. The Labute approximate surface area is 196 Å². The molecule has 0 bridgehead atoms. The first-order valence-corrected chi connectivity index (χ1v) is 11.5. The number of hydrogen-bond donors (Lipinski definition) is 0. The van der Waals surface area contributed by atoms with E-state index in [0.717, 1.165) is 43.6 Å². The highest BCUT2D eigenvalue weighted by atomic mass is 32.1. The molecule has 3 aromatic carbocycles. The molecule has 2 aromatic heterocycles. The summed E-state index contributed by atoms with van der Waals surface area (Å²) in [5.41, 5.74) is 8.54. The Morgan fingerprint density at radius 2 is 1.88 bits per heavy atom. The number of nitrogens with zero attached hydrogens (tertiary/aromatic N) is 3. The van der Waals surface area contributed by atoms with E-state index in [9.17, 15) is 5.26 Å². The molecule has 0 saturated heterocycles. The number of fused-ring (bicyclic) bond motifs is 1. The van der Waals surface area contributed by atoms with Crippen LogP contribution in [0.2, 0.25) is 0 Å². The number of aromatic nitrogens is 2. The summed E-state index contributed by atoms with van der Waals surface area (Å²) in [4.78, 5) is 9.85. The number of ether oxygens (including phenoxy) is 1. The molecule has 5 rings (SSSR count). The third-order valence-corrected chi connectivity index (χ3v) is 6.55. The van der Waals surface area contributed by atoms with Crippen molar-refractivity contribution in [2.75, 3.05) is 0 Å². The van der Waals surface area contributed by atoms with Crippen LogP contribution in [-0.4, -0.2) is 9.97 Å². The van der Waals surface area contributed by atoms with Gasteiger partial charge in [0.1, 0.15) is 6.10 Å². The molecular weight excluding hydrogens is 426 g/mol. The van der Waals surface area contributed by atoms with Crippen molar-refractivity contribution in [3.8, 4) is 17.2 Å². The molecule has 0 radical (unpaired) electrons. The first-order valence-electron chi connectivity index (χ1n) is 10.7. The molecule has 33 heavy (non-hydrogen) atoms. The highest BCUT2D eigenvalue weighted by molar-refractivity contribution is 7.09. The third kappa shape index (κ3) is 4.27. The van der Waals surface area contributed by atoms with E-state index < -0.39 is 0 Å². The summed E-state index contributed by atoms with van der Waals surface area (Å²) in [6.45, 7) is 2.48. The number of benzene rings is 3. The van der Waals surface area contributed by atoms with Crippen LogP contribution in [0.1, 0.15) is 33.2 Å². The summed E-state index contributed by atoms with van der Waals surface area (Å²) in [7, 11) is 0. The summed E-state index contributed by atoms with van der Waals surface area (Å²) in [5, 5.41) is 10.8. The minimum Gasteiger partial charge on any atom is -0.363 e. The number of para-hydroxylation sites is 1. The molecule has 0 fully saturated rings. The maximum atomic E-state index is 9.74. The molecule has 0 N–H and O–H groups in total. The van der Waals surface area contributed by atoms with Crippen molar-refractivity contribution in [2.45, 2.75) is 19.6 Å². The summed E-state index contributed by atoms with van der Waals surface area (Å²) >= 11 is 1.56. The highest BCUT2D eigenvalue weighted by Crippen LogP contribution is 2.35. The number of aryl methyl sites for hydroxylation is 1. The molecular formula is C28H21N3OS. The van der Waals surface area contributed by atoms with Crippen molar-refractivity contribution >= 4 is 22.2 Å². The van der Waals surface area contributed by atoms with Crippen LogP contribution in [0.25, 0.3) is 22.0 Å². The van der Waals surface area contributed by atoms with Gasteiger partial charge in [0.2, 0.25) is 0 Å². The fourth-order valence-electron chi connectivity index (χ4n) is 4.08. The van der Waals surface area contributed by atoms with Crippen molar-refractivity contribution in [1.29, 1.82) is 5.26 Å². The van der Waals surface area contributed by atoms with E-state index in [1.807, 2.05) is 54.3 Å². The number of thiazole rings is 1. The summed E-state index contributed by atoms with van der Waals surface area (Å²) in [6, 6.07) is 26.5. The lowest BCUT2D eigenvalue weighted by Gasteiger charge is -2.19. The van der Waals surface area contributed by atoms with Crippen molar-refractivity contribution in [3.63, 3.8) is 0 Å². The van der Waals surface area contributed by atoms with Gasteiger partial charge < -0.3 is 4.74 Å². The van der Waals surface area contributed by atoms with Gasteiger partial charge in [0.15, 0.2) is 0 Å². The summed E-state index contributed by atoms with van der Waals surface area (Å²) < 4.78 is 6.51. The Morgan fingerprint density at radius 3 is 2.70 bits per heavy atom. The maximum absolute atomic E-state index is 9.74. The summed E-state index contributed by atoms with van der Waals surface area (Å²) in [5.74, 6) is 0. The number of rotatable bonds is 6. The molecule has 0 aliphatic rings. The van der Waals surface area contributed by atoms with E-state index in [1.54, 1.807) is 11.3 Å². The molecule has 160 valence electrons. The molecule has 0 aliphatic carbocycles. The standard InChI is InChI=1S/C28H21N3OS/c1-19-6-2-3-10-24(19)25-14-21(11-12-22(25)15-29)28(26-16-30-18-33-26)32-17-23-8-4-7-20-9-5-13-31-27(20)23/h2-14,16,18,28H,17H2,1H3. The van der Waals surface area contributed by atoms with Crippen LogP contribution in [0.4, 0.5) is 0 Å². The zero-order valence-corrected chi connectivity index (χ0v) is 18.9. The highest BCUT2D eigenvalue weighted by Gasteiger charge is 2.20. The van der Waals surface area contributed by atoms with Crippen LogP contribution >= 0.6 is 11.3 Å². The van der Waals surface area contributed by atoms with Gasteiger partial charge in [-0.2, -0.15) is 5.26 Å². The molecule has 0 spiro atoms. The van der Waals surface area contributed by atoms with Gasteiger partial charge in [0, 0.05) is 28.9 Å². The third-order valence-electron chi connectivity index (χ3n) is 5.73.